The molecule has 0 saturated carbocycles. The SMILES string of the molecule is O=C(C[C@@H]1c2ccccc2C[C@H]1NC(=O)c1cc2cc(Cl)sc2[nH]1)NCCO. The van der Waals surface area contributed by atoms with Crippen LogP contribution in [-0.4, -0.2) is 41.1 Å². The fourth-order valence-electron chi connectivity index (χ4n) is 3.81. The van der Waals surface area contributed by atoms with Crippen LogP contribution in [0.15, 0.2) is 36.4 Å². The molecule has 4 rings (SSSR count). The standard InChI is InChI=1S/C20H20ClN3O3S/c21-17-9-12-8-16(24-20(12)28-17)19(27)23-15-7-11-3-1-2-4-13(11)14(15)10-18(26)22-5-6-25/h1-4,8-9,14-15,24-25H,5-7,10H2,(H,22,26)(H,23,27)/t14-,15-/m1/s1. The van der Waals surface area contributed by atoms with Crippen LogP contribution in [0, 0.1) is 0 Å². The lowest BCUT2D eigenvalue weighted by atomic mass is 9.94. The summed E-state index contributed by atoms with van der Waals surface area (Å²) in [7, 11) is 0. The molecule has 146 valence electrons. The van der Waals surface area contributed by atoms with Crippen molar-refractivity contribution in [3.05, 3.63) is 57.6 Å². The molecule has 4 N–H and O–H groups in total. The minimum absolute atomic E-state index is 0.0961. The van der Waals surface area contributed by atoms with E-state index in [9.17, 15) is 9.59 Å². The minimum atomic E-state index is -0.196. The molecule has 6 nitrogen and oxygen atoms in total. The number of H-pyrrole nitrogens is 1. The van der Waals surface area contributed by atoms with E-state index < -0.39 is 0 Å². The number of halogens is 1. The van der Waals surface area contributed by atoms with Crippen molar-refractivity contribution in [2.45, 2.75) is 24.8 Å². The zero-order valence-corrected chi connectivity index (χ0v) is 16.6. The van der Waals surface area contributed by atoms with E-state index in [1.165, 1.54) is 11.3 Å². The quantitative estimate of drug-likeness (QED) is 0.496. The van der Waals surface area contributed by atoms with Crippen LogP contribution in [-0.2, 0) is 11.2 Å². The van der Waals surface area contributed by atoms with Crippen LogP contribution in [0.1, 0.15) is 34.0 Å². The van der Waals surface area contributed by atoms with Gasteiger partial charge in [0.1, 0.15) is 10.5 Å². The zero-order chi connectivity index (χ0) is 19.7. The Hall–Kier alpha value is -2.35. The van der Waals surface area contributed by atoms with Crippen LogP contribution in [0.5, 0.6) is 0 Å². The molecular formula is C20H20ClN3O3S. The number of amides is 2. The summed E-state index contributed by atoms with van der Waals surface area (Å²) in [5, 5.41) is 15.6. The van der Waals surface area contributed by atoms with Gasteiger partial charge in [-0.1, -0.05) is 35.9 Å². The summed E-state index contributed by atoms with van der Waals surface area (Å²) in [6, 6.07) is 11.4. The van der Waals surface area contributed by atoms with Gasteiger partial charge in [0.05, 0.1) is 10.9 Å². The Kier molecular flexibility index (Phi) is 5.39. The highest BCUT2D eigenvalue weighted by Crippen LogP contribution is 2.36. The molecule has 2 atom stereocenters. The number of aliphatic hydroxyl groups excluding tert-OH is 1. The van der Waals surface area contributed by atoms with Gasteiger partial charge in [-0.3, -0.25) is 9.59 Å². The molecule has 2 amide bonds. The molecule has 2 heterocycles. The molecule has 1 aliphatic rings. The van der Waals surface area contributed by atoms with Gasteiger partial charge in [-0.15, -0.1) is 11.3 Å². The van der Waals surface area contributed by atoms with Gasteiger partial charge in [0.2, 0.25) is 5.91 Å². The van der Waals surface area contributed by atoms with Crippen molar-refractivity contribution in [1.82, 2.24) is 15.6 Å². The molecule has 0 fully saturated rings. The van der Waals surface area contributed by atoms with Gasteiger partial charge in [-0.25, -0.2) is 0 Å². The number of aromatic amines is 1. The van der Waals surface area contributed by atoms with E-state index in [1.807, 2.05) is 30.3 Å². The van der Waals surface area contributed by atoms with E-state index in [2.05, 4.69) is 15.6 Å². The predicted molar refractivity (Wildman–Crippen MR) is 110 cm³/mol. The second-order valence-corrected chi connectivity index (χ2v) is 8.57. The third kappa shape index (κ3) is 3.78. The van der Waals surface area contributed by atoms with Crippen molar-refractivity contribution in [2.75, 3.05) is 13.2 Å². The van der Waals surface area contributed by atoms with Crippen molar-refractivity contribution in [3.8, 4) is 0 Å². The highest BCUT2D eigenvalue weighted by Gasteiger charge is 2.35. The van der Waals surface area contributed by atoms with Gasteiger partial charge in [-0.2, -0.15) is 0 Å². The van der Waals surface area contributed by atoms with E-state index in [0.717, 1.165) is 21.3 Å². The number of aromatic nitrogens is 1. The summed E-state index contributed by atoms with van der Waals surface area (Å²) < 4.78 is 0.674. The largest absolute Gasteiger partial charge is 0.395 e. The van der Waals surface area contributed by atoms with E-state index in [4.69, 9.17) is 16.7 Å². The Morgan fingerprint density at radius 2 is 2.11 bits per heavy atom. The third-order valence-corrected chi connectivity index (χ3v) is 6.25. The molecule has 3 aromatic rings. The van der Waals surface area contributed by atoms with Crippen LogP contribution in [0.2, 0.25) is 4.34 Å². The molecule has 8 heteroatoms. The molecule has 1 aromatic carbocycles. The predicted octanol–water partition coefficient (Wildman–Crippen LogP) is 2.82. The number of carbonyl (C=O) groups is 2. The highest BCUT2D eigenvalue weighted by molar-refractivity contribution is 7.22. The number of rotatable bonds is 6. The molecule has 28 heavy (non-hydrogen) atoms. The Labute approximate surface area is 170 Å². The molecule has 0 aliphatic heterocycles. The monoisotopic (exact) mass is 417 g/mol. The number of fused-ring (bicyclic) bond motifs is 2. The van der Waals surface area contributed by atoms with Crippen molar-refractivity contribution in [1.29, 1.82) is 0 Å². The highest BCUT2D eigenvalue weighted by atomic mass is 35.5. The van der Waals surface area contributed by atoms with Crippen LogP contribution in [0.4, 0.5) is 0 Å². The summed E-state index contributed by atoms with van der Waals surface area (Å²) in [6.45, 7) is 0.132. The summed E-state index contributed by atoms with van der Waals surface area (Å²) >= 11 is 7.39. The number of nitrogens with one attached hydrogen (secondary N) is 3. The second kappa shape index (κ2) is 7.95. The fraction of sp³-hybridized carbons (Fsp3) is 0.300. The normalized spacial score (nSPS) is 18.2. The maximum Gasteiger partial charge on any atom is 0.267 e. The summed E-state index contributed by atoms with van der Waals surface area (Å²) in [4.78, 5) is 29.0. The molecule has 1 aliphatic carbocycles. The van der Waals surface area contributed by atoms with E-state index >= 15 is 0 Å². The first-order valence-corrected chi connectivity index (χ1v) is 10.3. The maximum absolute atomic E-state index is 12.8. The smallest absolute Gasteiger partial charge is 0.267 e. The molecule has 2 aromatic heterocycles. The lowest BCUT2D eigenvalue weighted by molar-refractivity contribution is -0.121. The van der Waals surface area contributed by atoms with Crippen LogP contribution >= 0.6 is 22.9 Å². The Morgan fingerprint density at radius 3 is 2.89 bits per heavy atom. The first kappa shape index (κ1) is 19.0. The van der Waals surface area contributed by atoms with Crippen molar-refractivity contribution in [2.24, 2.45) is 0 Å². The minimum Gasteiger partial charge on any atom is -0.395 e. The molecule has 0 radical (unpaired) electrons. The van der Waals surface area contributed by atoms with Gasteiger partial charge < -0.3 is 20.7 Å². The van der Waals surface area contributed by atoms with Gasteiger partial charge in [0.25, 0.3) is 5.91 Å². The number of aliphatic hydroxyl groups is 1. The number of thiophene rings is 1. The van der Waals surface area contributed by atoms with Gasteiger partial charge in [-0.05, 0) is 29.7 Å². The number of carbonyl (C=O) groups excluding carboxylic acids is 2. The number of hydrogen-bond acceptors (Lipinski definition) is 4. The first-order valence-electron chi connectivity index (χ1n) is 9.09. The average Bonchev–Trinajstić information content (AvgIpc) is 3.31. The molecule has 0 saturated heterocycles. The summed E-state index contributed by atoms with van der Waals surface area (Å²) in [6.07, 6.45) is 0.943. The average molecular weight is 418 g/mol. The Bertz CT molecular complexity index is 997. The van der Waals surface area contributed by atoms with E-state index in [1.54, 1.807) is 6.07 Å². The van der Waals surface area contributed by atoms with Crippen molar-refractivity contribution >= 4 is 45.0 Å². The third-order valence-electron chi connectivity index (χ3n) is 5.06. The van der Waals surface area contributed by atoms with Crippen molar-refractivity contribution in [3.63, 3.8) is 0 Å². The van der Waals surface area contributed by atoms with Gasteiger partial charge >= 0.3 is 0 Å². The molecule has 0 unspecified atom stereocenters. The van der Waals surface area contributed by atoms with E-state index in [-0.39, 0.29) is 43.3 Å². The molecule has 0 spiro atoms. The van der Waals surface area contributed by atoms with Gasteiger partial charge in [0.15, 0.2) is 0 Å². The summed E-state index contributed by atoms with van der Waals surface area (Å²) in [5.41, 5.74) is 2.72. The zero-order valence-electron chi connectivity index (χ0n) is 15.0. The van der Waals surface area contributed by atoms with Crippen LogP contribution in [0.3, 0.4) is 0 Å². The second-order valence-electron chi connectivity index (χ2n) is 6.89. The first-order chi connectivity index (χ1) is 13.5. The fourth-order valence-corrected chi connectivity index (χ4v) is 4.94. The van der Waals surface area contributed by atoms with Crippen LogP contribution < -0.4 is 10.6 Å². The molecular weight excluding hydrogens is 398 g/mol. The number of benzene rings is 1. The Morgan fingerprint density at radius 1 is 1.29 bits per heavy atom. The topological polar surface area (TPSA) is 94.2 Å². The maximum atomic E-state index is 12.8. The van der Waals surface area contributed by atoms with E-state index in [0.29, 0.717) is 16.5 Å². The lowest BCUT2D eigenvalue weighted by Crippen LogP contribution is -2.40. The lowest BCUT2D eigenvalue weighted by Gasteiger charge is -2.21. The van der Waals surface area contributed by atoms with Gasteiger partial charge in [0, 0.05) is 30.3 Å². The molecule has 0 bridgehead atoms. The Balaban J connectivity index is 1.52. The number of hydrogen-bond donors (Lipinski definition) is 4. The summed E-state index contributed by atoms with van der Waals surface area (Å²) in [5.74, 6) is -0.438. The van der Waals surface area contributed by atoms with Crippen LogP contribution in [0.25, 0.3) is 10.2 Å². The van der Waals surface area contributed by atoms with Crippen molar-refractivity contribution < 1.29 is 14.7 Å².